The zero-order chi connectivity index (χ0) is 17.2. The molecule has 1 heterocycles. The number of aromatic hydroxyl groups is 1. The van der Waals surface area contributed by atoms with Crippen molar-refractivity contribution >= 4 is 30.5 Å². The van der Waals surface area contributed by atoms with Crippen LogP contribution in [0.25, 0.3) is 0 Å². The van der Waals surface area contributed by atoms with Crippen molar-refractivity contribution < 1.29 is 27.9 Å². The van der Waals surface area contributed by atoms with Crippen LogP contribution in [0.2, 0.25) is 0 Å². The molecule has 0 aliphatic carbocycles. The predicted octanol–water partition coefficient (Wildman–Crippen LogP) is 2.66. The quantitative estimate of drug-likeness (QED) is 0.589. The third-order valence-corrected chi connectivity index (χ3v) is 3.64. The molecular weight excluding hydrogens is 390 g/mol. The number of phenols is 1. The van der Waals surface area contributed by atoms with Crippen molar-refractivity contribution in [3.05, 3.63) is 27.8 Å². The van der Waals surface area contributed by atoms with Gasteiger partial charge in [0.05, 0.1) is 12.0 Å². The Morgan fingerprint density at radius 3 is 2.32 bits per heavy atom. The van der Waals surface area contributed by atoms with Crippen molar-refractivity contribution in [1.82, 2.24) is 10.2 Å². The molecule has 0 spiro atoms. The van der Waals surface area contributed by atoms with Gasteiger partial charge in [-0.1, -0.05) is 0 Å². The SMILES string of the molecule is COc1cc([C@H](N2CCNCC2)C(F)(F)F)cc([N+](=O)[O-])c1O.Cl.Cl. The first-order chi connectivity index (χ1) is 10.8. The van der Waals surface area contributed by atoms with Crippen molar-refractivity contribution in [2.24, 2.45) is 0 Å². The second kappa shape index (κ2) is 9.27. The molecule has 1 aromatic carbocycles. The third-order valence-electron chi connectivity index (χ3n) is 3.64. The third kappa shape index (κ3) is 5.24. The summed E-state index contributed by atoms with van der Waals surface area (Å²) in [6.45, 7) is 1.09. The van der Waals surface area contributed by atoms with Crippen LogP contribution in [0.3, 0.4) is 0 Å². The van der Waals surface area contributed by atoms with E-state index in [4.69, 9.17) is 4.74 Å². The summed E-state index contributed by atoms with van der Waals surface area (Å²) in [5, 5.41) is 23.6. The number of methoxy groups -OCH3 is 1. The minimum atomic E-state index is -4.62. The summed E-state index contributed by atoms with van der Waals surface area (Å²) in [5.41, 5.74) is -1.15. The first-order valence-corrected chi connectivity index (χ1v) is 6.82. The van der Waals surface area contributed by atoms with Crippen LogP contribution in [0.1, 0.15) is 11.6 Å². The Labute approximate surface area is 154 Å². The molecular formula is C13H18Cl2F3N3O4. The van der Waals surface area contributed by atoms with Crippen molar-refractivity contribution in [2.45, 2.75) is 12.2 Å². The molecule has 1 aliphatic rings. The Morgan fingerprint density at radius 1 is 1.32 bits per heavy atom. The maximum atomic E-state index is 13.5. The monoisotopic (exact) mass is 407 g/mol. The number of alkyl halides is 3. The molecule has 0 bridgehead atoms. The molecule has 0 radical (unpaired) electrons. The minimum Gasteiger partial charge on any atom is -0.500 e. The molecule has 1 fully saturated rings. The lowest BCUT2D eigenvalue weighted by Crippen LogP contribution is -2.49. The predicted molar refractivity (Wildman–Crippen MR) is 89.0 cm³/mol. The Morgan fingerprint density at radius 2 is 1.88 bits per heavy atom. The molecule has 2 rings (SSSR count). The second-order valence-electron chi connectivity index (χ2n) is 5.08. The van der Waals surface area contributed by atoms with E-state index in [0.29, 0.717) is 13.1 Å². The van der Waals surface area contributed by atoms with Crippen molar-refractivity contribution in [3.63, 3.8) is 0 Å². The molecule has 1 aliphatic heterocycles. The van der Waals surface area contributed by atoms with E-state index >= 15 is 0 Å². The highest BCUT2D eigenvalue weighted by molar-refractivity contribution is 5.85. The fourth-order valence-corrected chi connectivity index (χ4v) is 2.61. The van der Waals surface area contributed by atoms with E-state index in [0.717, 1.165) is 19.2 Å². The number of nitro groups is 1. The van der Waals surface area contributed by atoms with E-state index in [2.05, 4.69) is 5.32 Å². The number of halogens is 5. The standard InChI is InChI=1S/C13H16F3N3O4.2ClH/c1-23-10-7-8(6-9(11(10)20)19(21)22)12(13(14,15)16)18-4-2-17-3-5-18;;/h6-7,12,17,20H,2-5H2,1H3;2*1H/t12-;;/m0../s1. The summed E-state index contributed by atoms with van der Waals surface area (Å²) < 4.78 is 45.3. The van der Waals surface area contributed by atoms with Crippen LogP contribution in [0.4, 0.5) is 18.9 Å². The average molecular weight is 408 g/mol. The first-order valence-electron chi connectivity index (χ1n) is 6.82. The zero-order valence-electron chi connectivity index (χ0n) is 13.1. The molecule has 0 aromatic heterocycles. The molecule has 1 aromatic rings. The van der Waals surface area contributed by atoms with Crippen LogP contribution in [-0.4, -0.2) is 54.4 Å². The van der Waals surface area contributed by atoms with E-state index in [1.54, 1.807) is 0 Å². The Bertz CT molecular complexity index is 599. The summed E-state index contributed by atoms with van der Waals surface area (Å²) in [6, 6.07) is -0.265. The maximum Gasteiger partial charge on any atom is 0.408 e. The normalized spacial score (nSPS) is 16.3. The molecule has 0 saturated carbocycles. The van der Waals surface area contributed by atoms with Gasteiger partial charge >= 0.3 is 11.9 Å². The maximum absolute atomic E-state index is 13.5. The van der Waals surface area contributed by atoms with Gasteiger partial charge in [-0.25, -0.2) is 0 Å². The summed E-state index contributed by atoms with van der Waals surface area (Å²) in [5.74, 6) is -1.15. The highest BCUT2D eigenvalue weighted by atomic mass is 35.5. The number of phenolic OH excluding ortho intramolecular Hbond substituents is 1. The molecule has 1 saturated heterocycles. The van der Waals surface area contributed by atoms with E-state index in [1.807, 2.05) is 0 Å². The number of nitrogens with zero attached hydrogens (tertiary/aromatic N) is 2. The smallest absolute Gasteiger partial charge is 0.408 e. The van der Waals surface area contributed by atoms with Crippen LogP contribution in [0.5, 0.6) is 11.5 Å². The van der Waals surface area contributed by atoms with E-state index < -0.39 is 28.6 Å². The number of piperazine rings is 1. The number of nitrogens with one attached hydrogen (secondary N) is 1. The molecule has 1 atom stereocenters. The Balaban J connectivity index is 0.00000288. The van der Waals surface area contributed by atoms with Gasteiger partial charge in [-0.2, -0.15) is 13.2 Å². The molecule has 0 unspecified atom stereocenters. The minimum absolute atomic E-state index is 0. The van der Waals surface area contributed by atoms with Gasteiger partial charge in [-0.3, -0.25) is 15.0 Å². The number of rotatable bonds is 4. The van der Waals surface area contributed by atoms with Gasteiger partial charge in [-0.15, -0.1) is 24.8 Å². The number of hydrogen-bond donors (Lipinski definition) is 2. The summed E-state index contributed by atoms with van der Waals surface area (Å²) in [4.78, 5) is 11.2. The van der Waals surface area contributed by atoms with Gasteiger partial charge < -0.3 is 15.2 Å². The van der Waals surface area contributed by atoms with Crippen molar-refractivity contribution in [1.29, 1.82) is 0 Å². The Kier molecular flexibility index (Phi) is 8.72. The fourth-order valence-electron chi connectivity index (χ4n) is 2.61. The van der Waals surface area contributed by atoms with E-state index in [1.165, 1.54) is 4.90 Å². The summed E-state index contributed by atoms with van der Waals surface area (Å²) in [6.07, 6.45) is -4.62. The van der Waals surface area contributed by atoms with Crippen LogP contribution < -0.4 is 10.1 Å². The average Bonchev–Trinajstić information content (AvgIpc) is 2.48. The highest BCUT2D eigenvalue weighted by Crippen LogP contribution is 2.44. The van der Waals surface area contributed by atoms with Crippen LogP contribution >= 0.6 is 24.8 Å². The number of benzene rings is 1. The highest BCUT2D eigenvalue weighted by Gasteiger charge is 2.46. The molecule has 2 N–H and O–H groups in total. The lowest BCUT2D eigenvalue weighted by molar-refractivity contribution is -0.386. The second-order valence-corrected chi connectivity index (χ2v) is 5.08. The topological polar surface area (TPSA) is 87.9 Å². The first kappa shape index (κ1) is 23.5. The van der Waals surface area contributed by atoms with Crippen molar-refractivity contribution in [3.8, 4) is 11.5 Å². The van der Waals surface area contributed by atoms with Gasteiger partial charge in [-0.05, 0) is 11.6 Å². The lowest BCUT2D eigenvalue weighted by Gasteiger charge is -2.36. The van der Waals surface area contributed by atoms with Crippen molar-refractivity contribution in [2.75, 3.05) is 33.3 Å². The van der Waals surface area contributed by atoms with E-state index in [-0.39, 0.29) is 49.2 Å². The van der Waals surface area contributed by atoms with Gasteiger partial charge in [0.1, 0.15) is 6.04 Å². The van der Waals surface area contributed by atoms with E-state index in [9.17, 15) is 28.4 Å². The number of ether oxygens (including phenoxy) is 1. The van der Waals surface area contributed by atoms with Crippen LogP contribution in [-0.2, 0) is 0 Å². The number of nitro benzene ring substituents is 1. The van der Waals surface area contributed by atoms with Gasteiger partial charge in [0.25, 0.3) is 0 Å². The van der Waals surface area contributed by atoms with Gasteiger partial charge in [0.2, 0.25) is 5.75 Å². The van der Waals surface area contributed by atoms with Gasteiger partial charge in [0, 0.05) is 32.2 Å². The Hall–Kier alpha value is -1.49. The molecule has 12 heteroatoms. The fraction of sp³-hybridized carbons (Fsp3) is 0.538. The van der Waals surface area contributed by atoms with Crippen LogP contribution in [0.15, 0.2) is 12.1 Å². The lowest BCUT2D eigenvalue weighted by atomic mass is 10.0. The molecule has 144 valence electrons. The molecule has 7 nitrogen and oxygen atoms in total. The number of hydrogen-bond acceptors (Lipinski definition) is 6. The zero-order valence-corrected chi connectivity index (χ0v) is 14.7. The van der Waals surface area contributed by atoms with Gasteiger partial charge in [0.15, 0.2) is 5.75 Å². The largest absolute Gasteiger partial charge is 0.500 e. The summed E-state index contributed by atoms with van der Waals surface area (Å²) >= 11 is 0. The summed E-state index contributed by atoms with van der Waals surface area (Å²) in [7, 11) is 1.12. The van der Waals surface area contributed by atoms with Crippen LogP contribution in [0, 0.1) is 10.1 Å². The molecule has 0 amide bonds. The molecule has 25 heavy (non-hydrogen) atoms.